The Bertz CT molecular complexity index is 1280. The monoisotopic (exact) mass is 448 g/mol. The smallest absolute Gasteiger partial charge is 0.230 e. The number of anilines is 1. The van der Waals surface area contributed by atoms with Crippen molar-refractivity contribution in [2.75, 3.05) is 5.32 Å². The van der Waals surface area contributed by atoms with Gasteiger partial charge in [0.2, 0.25) is 5.91 Å². The fraction of sp³-hybridized carbons (Fsp3) is 0.0690. The molecule has 0 saturated carbocycles. The van der Waals surface area contributed by atoms with E-state index in [-0.39, 0.29) is 5.91 Å². The Kier molecular flexibility index (Phi) is 6.27. The first-order chi connectivity index (χ1) is 16.3. The van der Waals surface area contributed by atoms with Gasteiger partial charge in [-0.25, -0.2) is 0 Å². The van der Waals surface area contributed by atoms with E-state index in [0.29, 0.717) is 13.0 Å². The second kappa shape index (κ2) is 9.80. The minimum atomic E-state index is -0.0202. The fourth-order valence-corrected chi connectivity index (χ4v) is 5.16. The quantitative estimate of drug-likeness (QED) is 0.290. The number of amides is 1. The van der Waals surface area contributed by atoms with Crippen LogP contribution in [0.4, 0.5) is 5.69 Å². The number of rotatable bonds is 7. The van der Waals surface area contributed by atoms with Gasteiger partial charge in [-0.1, -0.05) is 96.7 Å². The van der Waals surface area contributed by atoms with E-state index >= 15 is 0 Å². The number of hydrogen-bond acceptors (Lipinski definition) is 2. The van der Waals surface area contributed by atoms with Crippen LogP contribution in [0.3, 0.4) is 0 Å². The highest BCUT2D eigenvalue weighted by molar-refractivity contribution is 7.99. The number of nitrogens with zero attached hydrogens (tertiary/aromatic N) is 1. The van der Waals surface area contributed by atoms with Crippen molar-refractivity contribution < 1.29 is 4.79 Å². The van der Waals surface area contributed by atoms with E-state index < -0.39 is 0 Å². The number of nitrogens with one attached hydrogen (secondary N) is 1. The minimum Gasteiger partial charge on any atom is -0.338 e. The third-order valence-corrected chi connectivity index (χ3v) is 6.73. The molecule has 0 fully saturated rings. The predicted octanol–water partition coefficient (Wildman–Crippen LogP) is 7.02. The summed E-state index contributed by atoms with van der Waals surface area (Å²) in [5.41, 5.74) is 4.19. The molecule has 0 spiro atoms. The normalized spacial score (nSPS) is 10.9. The zero-order chi connectivity index (χ0) is 22.5. The van der Waals surface area contributed by atoms with Crippen molar-refractivity contribution in [1.82, 2.24) is 4.57 Å². The van der Waals surface area contributed by atoms with Crippen molar-refractivity contribution in [1.29, 1.82) is 0 Å². The molecule has 5 aromatic rings. The number of carbonyl (C=O) groups is 1. The second-order valence-corrected chi connectivity index (χ2v) is 8.95. The van der Waals surface area contributed by atoms with Crippen LogP contribution in [0.1, 0.15) is 11.3 Å². The lowest BCUT2D eigenvalue weighted by Gasteiger charge is -2.13. The molecule has 0 atom stereocenters. The molecule has 1 amide bonds. The first-order valence-corrected chi connectivity index (χ1v) is 11.8. The van der Waals surface area contributed by atoms with Gasteiger partial charge in [0.05, 0.1) is 6.42 Å². The summed E-state index contributed by atoms with van der Waals surface area (Å²) in [4.78, 5) is 15.4. The molecule has 1 N–H and O–H groups in total. The minimum absolute atomic E-state index is 0.0202. The summed E-state index contributed by atoms with van der Waals surface area (Å²) in [6.45, 7) is 0.713. The molecule has 0 aliphatic carbocycles. The van der Waals surface area contributed by atoms with Crippen LogP contribution in [-0.2, 0) is 17.8 Å². The zero-order valence-corrected chi connectivity index (χ0v) is 19.0. The number of carbonyl (C=O) groups excluding carboxylic acids is 1. The number of aromatic nitrogens is 1. The largest absolute Gasteiger partial charge is 0.338 e. The third kappa shape index (κ3) is 4.86. The SMILES string of the molecule is O=C(Cc1c(Sc2ccccc2)c2ccccc2n1Cc1ccccc1)Nc1ccccc1. The van der Waals surface area contributed by atoms with Crippen LogP contribution < -0.4 is 5.32 Å². The van der Waals surface area contributed by atoms with Gasteiger partial charge in [0, 0.05) is 38.6 Å². The van der Waals surface area contributed by atoms with Crippen LogP contribution in [0.15, 0.2) is 125 Å². The summed E-state index contributed by atoms with van der Waals surface area (Å²) in [7, 11) is 0. The summed E-state index contributed by atoms with van der Waals surface area (Å²) in [6, 6.07) is 38.8. The van der Waals surface area contributed by atoms with Crippen molar-refractivity contribution in [3.05, 3.63) is 127 Å². The molecular formula is C29H24N2OS. The van der Waals surface area contributed by atoms with E-state index in [9.17, 15) is 4.79 Å². The Morgan fingerprint density at radius 2 is 1.33 bits per heavy atom. The number of benzene rings is 4. The lowest BCUT2D eigenvalue weighted by Crippen LogP contribution is -2.17. The molecule has 0 saturated heterocycles. The summed E-state index contributed by atoms with van der Waals surface area (Å²) >= 11 is 1.72. The molecule has 0 radical (unpaired) electrons. The predicted molar refractivity (Wildman–Crippen MR) is 137 cm³/mol. The van der Waals surface area contributed by atoms with Crippen LogP contribution in [0, 0.1) is 0 Å². The summed E-state index contributed by atoms with van der Waals surface area (Å²) in [5.74, 6) is -0.0202. The van der Waals surface area contributed by atoms with Crippen molar-refractivity contribution in [3.8, 4) is 0 Å². The average Bonchev–Trinajstić information content (AvgIpc) is 3.13. The number of fused-ring (bicyclic) bond motifs is 1. The maximum Gasteiger partial charge on any atom is 0.230 e. The van der Waals surface area contributed by atoms with Gasteiger partial charge in [0.1, 0.15) is 0 Å². The molecule has 33 heavy (non-hydrogen) atoms. The average molecular weight is 449 g/mol. The first kappa shape index (κ1) is 21.1. The highest BCUT2D eigenvalue weighted by Gasteiger charge is 2.20. The van der Waals surface area contributed by atoms with Crippen molar-refractivity contribution in [2.24, 2.45) is 0 Å². The Balaban J connectivity index is 1.59. The molecule has 0 unspecified atom stereocenters. The van der Waals surface area contributed by atoms with E-state index in [0.717, 1.165) is 26.7 Å². The van der Waals surface area contributed by atoms with Crippen molar-refractivity contribution in [3.63, 3.8) is 0 Å². The molecule has 162 valence electrons. The van der Waals surface area contributed by atoms with Gasteiger partial charge in [0.25, 0.3) is 0 Å². The molecule has 4 aromatic carbocycles. The fourth-order valence-electron chi connectivity index (χ4n) is 4.05. The summed E-state index contributed by atoms with van der Waals surface area (Å²) in [5, 5.41) is 4.23. The molecular weight excluding hydrogens is 424 g/mol. The van der Waals surface area contributed by atoms with Crippen molar-refractivity contribution in [2.45, 2.75) is 22.8 Å². The Morgan fingerprint density at radius 3 is 2.06 bits per heavy atom. The van der Waals surface area contributed by atoms with Gasteiger partial charge in [-0.2, -0.15) is 0 Å². The Labute approximate surface area is 198 Å². The topological polar surface area (TPSA) is 34.0 Å². The summed E-state index contributed by atoms with van der Waals surface area (Å²) < 4.78 is 2.29. The molecule has 3 nitrogen and oxygen atoms in total. The first-order valence-electron chi connectivity index (χ1n) is 11.0. The Morgan fingerprint density at radius 1 is 0.727 bits per heavy atom. The number of para-hydroxylation sites is 2. The molecule has 1 heterocycles. The molecule has 4 heteroatoms. The van der Waals surface area contributed by atoms with Crippen LogP contribution in [0.5, 0.6) is 0 Å². The van der Waals surface area contributed by atoms with Gasteiger partial charge in [0.15, 0.2) is 0 Å². The van der Waals surface area contributed by atoms with Crippen LogP contribution in [0.2, 0.25) is 0 Å². The highest BCUT2D eigenvalue weighted by atomic mass is 32.2. The molecule has 1 aromatic heterocycles. The van der Waals surface area contributed by atoms with E-state index in [2.05, 4.69) is 70.5 Å². The summed E-state index contributed by atoms with van der Waals surface area (Å²) in [6.07, 6.45) is 0.297. The van der Waals surface area contributed by atoms with E-state index in [1.54, 1.807) is 11.8 Å². The van der Waals surface area contributed by atoms with E-state index in [4.69, 9.17) is 0 Å². The van der Waals surface area contributed by atoms with Gasteiger partial charge in [-0.05, 0) is 35.9 Å². The van der Waals surface area contributed by atoms with Gasteiger partial charge < -0.3 is 9.88 Å². The third-order valence-electron chi connectivity index (χ3n) is 5.56. The highest BCUT2D eigenvalue weighted by Crippen LogP contribution is 2.39. The maximum absolute atomic E-state index is 13.1. The van der Waals surface area contributed by atoms with Gasteiger partial charge in [-0.3, -0.25) is 4.79 Å². The van der Waals surface area contributed by atoms with E-state index in [1.165, 1.54) is 10.9 Å². The standard InChI is InChI=1S/C29H24N2OS/c32-28(30-23-14-6-2-7-15-23)20-27-29(33-24-16-8-3-9-17-24)25-18-10-11-19-26(25)31(27)21-22-12-4-1-5-13-22/h1-19H,20-21H2,(H,30,32). The molecule has 5 rings (SSSR count). The zero-order valence-electron chi connectivity index (χ0n) is 18.1. The lowest BCUT2D eigenvalue weighted by atomic mass is 10.2. The van der Waals surface area contributed by atoms with Gasteiger partial charge >= 0.3 is 0 Å². The molecule has 0 aliphatic rings. The van der Waals surface area contributed by atoms with Crippen LogP contribution in [-0.4, -0.2) is 10.5 Å². The van der Waals surface area contributed by atoms with E-state index in [1.807, 2.05) is 54.6 Å². The van der Waals surface area contributed by atoms with Crippen molar-refractivity contribution >= 4 is 34.3 Å². The molecule has 0 aliphatic heterocycles. The Hall–Kier alpha value is -3.76. The van der Waals surface area contributed by atoms with Crippen LogP contribution in [0.25, 0.3) is 10.9 Å². The second-order valence-electron chi connectivity index (χ2n) is 7.87. The molecule has 0 bridgehead atoms. The maximum atomic E-state index is 13.1. The lowest BCUT2D eigenvalue weighted by molar-refractivity contribution is -0.115. The van der Waals surface area contributed by atoms with Crippen LogP contribution >= 0.6 is 11.8 Å². The number of hydrogen-bond donors (Lipinski definition) is 1. The van der Waals surface area contributed by atoms with Gasteiger partial charge in [-0.15, -0.1) is 0 Å².